The maximum Gasteiger partial charge on any atom is 0.107 e. The highest BCUT2D eigenvalue weighted by Gasteiger charge is 2.28. The summed E-state index contributed by atoms with van der Waals surface area (Å²) in [4.78, 5) is 10.1. The summed E-state index contributed by atoms with van der Waals surface area (Å²) in [5.74, 6) is 0. The first-order chi connectivity index (χ1) is 9.85. The number of aromatic nitrogens is 1. The maximum atomic E-state index is 4.76. The molecule has 1 aromatic rings. The lowest BCUT2D eigenvalue weighted by molar-refractivity contribution is 0.214. The highest BCUT2D eigenvalue weighted by Crippen LogP contribution is 2.22. The SMILES string of the molecule is CCNCc1nc(CN2CCCN3CCCC3C2)cs1. The Balaban J connectivity index is 1.55. The molecule has 20 heavy (non-hydrogen) atoms. The second kappa shape index (κ2) is 6.98. The largest absolute Gasteiger partial charge is 0.311 e. The molecule has 0 saturated carbocycles. The van der Waals surface area contributed by atoms with Crippen LogP contribution in [0.3, 0.4) is 0 Å². The number of fused-ring (bicyclic) bond motifs is 1. The van der Waals surface area contributed by atoms with Gasteiger partial charge in [-0.05, 0) is 45.4 Å². The molecule has 3 rings (SSSR count). The molecule has 1 aromatic heterocycles. The van der Waals surface area contributed by atoms with Crippen molar-refractivity contribution in [2.45, 2.75) is 45.3 Å². The fourth-order valence-corrected chi connectivity index (χ4v) is 4.15. The third-order valence-electron chi connectivity index (χ3n) is 4.40. The fraction of sp³-hybridized carbons (Fsp3) is 0.800. The van der Waals surface area contributed by atoms with Gasteiger partial charge in [0.1, 0.15) is 5.01 Å². The van der Waals surface area contributed by atoms with Crippen LogP contribution in [0.4, 0.5) is 0 Å². The van der Waals surface area contributed by atoms with E-state index in [4.69, 9.17) is 4.98 Å². The van der Waals surface area contributed by atoms with Gasteiger partial charge >= 0.3 is 0 Å². The third kappa shape index (κ3) is 3.58. The number of hydrogen-bond donors (Lipinski definition) is 1. The van der Waals surface area contributed by atoms with Crippen LogP contribution in [0.25, 0.3) is 0 Å². The van der Waals surface area contributed by atoms with Gasteiger partial charge in [0, 0.05) is 31.1 Å². The van der Waals surface area contributed by atoms with Gasteiger partial charge in [-0.15, -0.1) is 11.3 Å². The van der Waals surface area contributed by atoms with Gasteiger partial charge in [-0.1, -0.05) is 6.92 Å². The topological polar surface area (TPSA) is 31.4 Å². The van der Waals surface area contributed by atoms with Crippen LogP contribution in [-0.2, 0) is 13.1 Å². The van der Waals surface area contributed by atoms with Crippen molar-refractivity contribution >= 4 is 11.3 Å². The van der Waals surface area contributed by atoms with E-state index in [1.165, 1.54) is 56.1 Å². The first-order valence-corrected chi connectivity index (χ1v) is 8.83. The van der Waals surface area contributed by atoms with Crippen LogP contribution in [-0.4, -0.2) is 53.5 Å². The smallest absolute Gasteiger partial charge is 0.107 e. The highest BCUT2D eigenvalue weighted by atomic mass is 32.1. The van der Waals surface area contributed by atoms with Crippen molar-refractivity contribution in [1.82, 2.24) is 20.1 Å². The Kier molecular flexibility index (Phi) is 5.04. The zero-order valence-corrected chi connectivity index (χ0v) is 13.3. The van der Waals surface area contributed by atoms with Gasteiger partial charge in [-0.2, -0.15) is 0 Å². The van der Waals surface area contributed by atoms with Gasteiger partial charge in [0.2, 0.25) is 0 Å². The van der Waals surface area contributed by atoms with Gasteiger partial charge < -0.3 is 5.32 Å². The molecule has 2 fully saturated rings. The summed E-state index contributed by atoms with van der Waals surface area (Å²) in [6.07, 6.45) is 4.09. The molecule has 5 heteroatoms. The van der Waals surface area contributed by atoms with Gasteiger partial charge in [0.25, 0.3) is 0 Å². The summed E-state index contributed by atoms with van der Waals surface area (Å²) in [5.41, 5.74) is 1.26. The van der Waals surface area contributed by atoms with Crippen molar-refractivity contribution in [3.8, 4) is 0 Å². The van der Waals surface area contributed by atoms with E-state index < -0.39 is 0 Å². The van der Waals surface area contributed by atoms with Crippen molar-refractivity contribution in [1.29, 1.82) is 0 Å². The zero-order chi connectivity index (χ0) is 13.8. The molecule has 2 saturated heterocycles. The van der Waals surface area contributed by atoms with Crippen LogP contribution in [0, 0.1) is 0 Å². The van der Waals surface area contributed by atoms with Crippen molar-refractivity contribution in [3.63, 3.8) is 0 Å². The normalized spacial score (nSPS) is 24.8. The number of nitrogens with one attached hydrogen (secondary N) is 1. The summed E-state index contributed by atoms with van der Waals surface area (Å²) in [6, 6.07) is 0.803. The highest BCUT2D eigenvalue weighted by molar-refractivity contribution is 7.09. The number of thiazole rings is 1. The Labute approximate surface area is 126 Å². The lowest BCUT2D eigenvalue weighted by atomic mass is 10.2. The molecule has 0 bridgehead atoms. The van der Waals surface area contributed by atoms with Crippen molar-refractivity contribution < 1.29 is 0 Å². The molecule has 1 unspecified atom stereocenters. The van der Waals surface area contributed by atoms with E-state index in [1.807, 2.05) is 0 Å². The molecule has 0 aliphatic carbocycles. The predicted octanol–water partition coefficient (Wildman–Crippen LogP) is 1.92. The van der Waals surface area contributed by atoms with Crippen LogP contribution < -0.4 is 5.32 Å². The summed E-state index contributed by atoms with van der Waals surface area (Å²) in [5, 5.41) is 6.81. The molecule has 0 aromatic carbocycles. The van der Waals surface area contributed by atoms with Gasteiger partial charge in [-0.25, -0.2) is 4.98 Å². The third-order valence-corrected chi connectivity index (χ3v) is 5.30. The predicted molar refractivity (Wildman–Crippen MR) is 84.0 cm³/mol. The minimum absolute atomic E-state index is 0.803. The molecular formula is C15H26N4S. The van der Waals surface area contributed by atoms with Gasteiger partial charge in [-0.3, -0.25) is 9.80 Å². The molecule has 2 aliphatic rings. The van der Waals surface area contributed by atoms with Crippen LogP contribution in [0.15, 0.2) is 5.38 Å². The molecule has 112 valence electrons. The summed E-state index contributed by atoms with van der Waals surface area (Å²) in [6.45, 7) is 10.2. The Morgan fingerprint density at radius 3 is 3.15 bits per heavy atom. The first-order valence-electron chi connectivity index (χ1n) is 7.95. The summed E-state index contributed by atoms with van der Waals surface area (Å²) >= 11 is 1.79. The van der Waals surface area contributed by atoms with Crippen LogP contribution >= 0.6 is 11.3 Å². The molecular weight excluding hydrogens is 268 g/mol. The van der Waals surface area contributed by atoms with E-state index in [-0.39, 0.29) is 0 Å². The Morgan fingerprint density at radius 1 is 1.35 bits per heavy atom. The van der Waals surface area contributed by atoms with Crippen molar-refractivity contribution in [2.75, 3.05) is 32.7 Å². The van der Waals surface area contributed by atoms with Crippen LogP contribution in [0.1, 0.15) is 36.9 Å². The quantitative estimate of drug-likeness (QED) is 0.899. The van der Waals surface area contributed by atoms with E-state index >= 15 is 0 Å². The summed E-state index contributed by atoms with van der Waals surface area (Å²) < 4.78 is 0. The average Bonchev–Trinajstić information content (AvgIpc) is 3.03. The van der Waals surface area contributed by atoms with Crippen molar-refractivity contribution in [3.05, 3.63) is 16.1 Å². The fourth-order valence-electron chi connectivity index (χ4n) is 3.39. The lowest BCUT2D eigenvalue weighted by Gasteiger charge is -2.24. The molecule has 0 spiro atoms. The Hall–Kier alpha value is -0.490. The molecule has 1 atom stereocenters. The second-order valence-electron chi connectivity index (χ2n) is 5.93. The Bertz CT molecular complexity index is 420. The molecule has 0 radical (unpaired) electrons. The minimum atomic E-state index is 0.803. The lowest BCUT2D eigenvalue weighted by Crippen LogP contribution is -2.36. The molecule has 0 amide bonds. The number of nitrogens with zero attached hydrogens (tertiary/aromatic N) is 3. The van der Waals surface area contributed by atoms with Crippen LogP contribution in [0.2, 0.25) is 0 Å². The van der Waals surface area contributed by atoms with Crippen LogP contribution in [0.5, 0.6) is 0 Å². The van der Waals surface area contributed by atoms with E-state index in [1.54, 1.807) is 11.3 Å². The monoisotopic (exact) mass is 294 g/mol. The molecule has 4 nitrogen and oxygen atoms in total. The van der Waals surface area contributed by atoms with E-state index in [0.29, 0.717) is 0 Å². The molecule has 2 aliphatic heterocycles. The number of rotatable bonds is 5. The van der Waals surface area contributed by atoms with Gasteiger partial charge in [0.05, 0.1) is 5.69 Å². The molecule has 1 N–H and O–H groups in total. The maximum absolute atomic E-state index is 4.76. The van der Waals surface area contributed by atoms with Gasteiger partial charge in [0.15, 0.2) is 0 Å². The van der Waals surface area contributed by atoms with E-state index in [9.17, 15) is 0 Å². The minimum Gasteiger partial charge on any atom is -0.311 e. The first kappa shape index (κ1) is 14.4. The standard InChI is InChI=1S/C15H26N4S/c1-2-16-9-15-17-13(12-20-15)10-18-6-4-8-19-7-3-5-14(19)11-18/h12,14,16H,2-11H2,1H3. The average molecular weight is 294 g/mol. The Morgan fingerprint density at radius 2 is 2.25 bits per heavy atom. The zero-order valence-electron chi connectivity index (χ0n) is 12.5. The summed E-state index contributed by atoms with van der Waals surface area (Å²) in [7, 11) is 0. The second-order valence-corrected chi connectivity index (χ2v) is 6.88. The number of hydrogen-bond acceptors (Lipinski definition) is 5. The van der Waals surface area contributed by atoms with E-state index in [0.717, 1.165) is 25.7 Å². The van der Waals surface area contributed by atoms with E-state index in [2.05, 4.69) is 27.4 Å². The van der Waals surface area contributed by atoms with Crippen molar-refractivity contribution in [2.24, 2.45) is 0 Å². The molecule has 3 heterocycles.